The fourth-order valence-electron chi connectivity index (χ4n) is 4.58. The molecule has 0 atom stereocenters. The van der Waals surface area contributed by atoms with Crippen molar-refractivity contribution in [2.75, 3.05) is 31.1 Å². The van der Waals surface area contributed by atoms with Gasteiger partial charge in [-0.25, -0.2) is 0 Å². The molecule has 5 nitrogen and oxygen atoms in total. The largest absolute Gasteiger partial charge is 0.416 e. The highest BCUT2D eigenvalue weighted by Gasteiger charge is 2.31. The Kier molecular flexibility index (Phi) is 5.51. The fraction of sp³-hybridized carbons (Fsp3) is 0.231. The van der Waals surface area contributed by atoms with Gasteiger partial charge >= 0.3 is 6.18 Å². The van der Waals surface area contributed by atoms with Crippen LogP contribution in [0.4, 0.5) is 18.9 Å². The van der Waals surface area contributed by atoms with E-state index in [-0.39, 0.29) is 17.9 Å². The molecule has 0 unspecified atom stereocenters. The second kappa shape index (κ2) is 8.52. The van der Waals surface area contributed by atoms with Crippen molar-refractivity contribution in [3.63, 3.8) is 0 Å². The number of fused-ring (bicyclic) bond motifs is 2. The smallest absolute Gasteiger partial charge is 0.368 e. The number of hydrogen-bond acceptors (Lipinski definition) is 3. The van der Waals surface area contributed by atoms with Crippen molar-refractivity contribution in [3.8, 4) is 0 Å². The Hall–Kier alpha value is -3.81. The Morgan fingerprint density at radius 2 is 1.38 bits per heavy atom. The van der Waals surface area contributed by atoms with Crippen molar-refractivity contribution >= 4 is 33.4 Å². The van der Waals surface area contributed by atoms with Crippen LogP contribution >= 0.6 is 0 Å². The molecule has 5 rings (SSSR count). The van der Waals surface area contributed by atoms with E-state index in [2.05, 4.69) is 0 Å². The lowest BCUT2D eigenvalue weighted by Crippen LogP contribution is -2.49. The highest BCUT2D eigenvalue weighted by atomic mass is 19.4. The average Bonchev–Trinajstić information content (AvgIpc) is 2.86. The monoisotopic (exact) mass is 465 g/mol. The van der Waals surface area contributed by atoms with E-state index >= 15 is 0 Å². The molecule has 1 aromatic heterocycles. The Labute approximate surface area is 193 Å². The summed E-state index contributed by atoms with van der Waals surface area (Å²) in [6, 6.07) is 19.7. The van der Waals surface area contributed by atoms with Crippen LogP contribution < -0.4 is 10.3 Å². The third-order valence-corrected chi connectivity index (χ3v) is 6.34. The third-order valence-electron chi connectivity index (χ3n) is 6.34. The summed E-state index contributed by atoms with van der Waals surface area (Å²) >= 11 is 0. The summed E-state index contributed by atoms with van der Waals surface area (Å²) in [7, 11) is 0. The zero-order valence-electron chi connectivity index (χ0n) is 18.3. The molecular weight excluding hydrogens is 443 g/mol. The summed E-state index contributed by atoms with van der Waals surface area (Å²) in [6.45, 7) is 1.78. The molecule has 2 heterocycles. The number of nitrogens with zero attached hydrogens (tertiary/aromatic N) is 3. The number of carbonyl (C=O) groups is 1. The normalized spacial score (nSPS) is 14.7. The predicted molar refractivity (Wildman–Crippen MR) is 126 cm³/mol. The van der Waals surface area contributed by atoms with Gasteiger partial charge in [0.25, 0.3) is 0 Å². The van der Waals surface area contributed by atoms with Crippen LogP contribution in [-0.4, -0.2) is 41.6 Å². The van der Waals surface area contributed by atoms with Crippen molar-refractivity contribution in [3.05, 3.63) is 88.6 Å². The summed E-state index contributed by atoms with van der Waals surface area (Å²) in [5.41, 5.74) is 1.15. The van der Waals surface area contributed by atoms with Crippen LogP contribution in [0.25, 0.3) is 21.8 Å². The standard InChI is InChI=1S/C26H22F3N3O2/c27-26(28,29)18-6-5-7-19(16-18)30-12-14-31(15-13-30)24(33)17-32-22-10-3-1-8-20(22)25(34)21-9-2-4-11-23(21)32/h1-11,16H,12-15,17H2. The summed E-state index contributed by atoms with van der Waals surface area (Å²) < 4.78 is 41.1. The molecule has 4 aromatic rings. The Balaban J connectivity index is 1.37. The molecule has 0 spiro atoms. The zero-order valence-corrected chi connectivity index (χ0v) is 18.3. The summed E-state index contributed by atoms with van der Waals surface area (Å²) in [6.07, 6.45) is -4.39. The van der Waals surface area contributed by atoms with Gasteiger partial charge in [-0.2, -0.15) is 13.2 Å². The third kappa shape index (κ3) is 4.00. The van der Waals surface area contributed by atoms with E-state index in [1.807, 2.05) is 33.7 Å². The first-order chi connectivity index (χ1) is 16.3. The molecule has 3 aromatic carbocycles. The topological polar surface area (TPSA) is 45.6 Å². The number of pyridine rings is 1. The first-order valence-electron chi connectivity index (χ1n) is 11.0. The minimum absolute atomic E-state index is 0.0652. The van der Waals surface area contributed by atoms with E-state index < -0.39 is 11.7 Å². The number of amides is 1. The van der Waals surface area contributed by atoms with E-state index in [1.54, 1.807) is 35.2 Å². The highest BCUT2D eigenvalue weighted by molar-refractivity contribution is 5.94. The molecule has 0 aliphatic carbocycles. The summed E-state index contributed by atoms with van der Waals surface area (Å²) in [4.78, 5) is 29.7. The van der Waals surface area contributed by atoms with Gasteiger partial charge in [0.2, 0.25) is 5.91 Å². The van der Waals surface area contributed by atoms with Crippen molar-refractivity contribution in [1.29, 1.82) is 0 Å². The number of carbonyl (C=O) groups excluding carboxylic acids is 1. The maximum atomic E-state index is 13.2. The quantitative estimate of drug-likeness (QED) is 0.418. The summed E-state index contributed by atoms with van der Waals surface area (Å²) in [5.74, 6) is -0.0948. The fourth-order valence-corrected chi connectivity index (χ4v) is 4.58. The first-order valence-corrected chi connectivity index (χ1v) is 11.0. The summed E-state index contributed by atoms with van der Waals surface area (Å²) in [5, 5.41) is 1.12. The molecule has 174 valence electrons. The van der Waals surface area contributed by atoms with Crippen molar-refractivity contribution in [1.82, 2.24) is 9.47 Å². The van der Waals surface area contributed by atoms with Gasteiger partial charge in [0.1, 0.15) is 6.54 Å². The van der Waals surface area contributed by atoms with Crippen LogP contribution in [0.3, 0.4) is 0 Å². The minimum Gasteiger partial charge on any atom is -0.368 e. The van der Waals surface area contributed by atoms with Crippen LogP contribution in [-0.2, 0) is 17.5 Å². The lowest BCUT2D eigenvalue weighted by atomic mass is 10.1. The maximum absolute atomic E-state index is 13.2. The van der Waals surface area contributed by atoms with Gasteiger partial charge in [-0.3, -0.25) is 9.59 Å². The van der Waals surface area contributed by atoms with Gasteiger partial charge in [0.05, 0.1) is 16.6 Å². The van der Waals surface area contributed by atoms with E-state index in [1.165, 1.54) is 6.07 Å². The first kappa shape index (κ1) is 22.0. The second-order valence-electron chi connectivity index (χ2n) is 8.37. The number of anilines is 1. The van der Waals surface area contributed by atoms with Gasteiger partial charge in [0.15, 0.2) is 5.43 Å². The van der Waals surface area contributed by atoms with Crippen LogP contribution in [0.2, 0.25) is 0 Å². The highest BCUT2D eigenvalue weighted by Crippen LogP contribution is 2.32. The number of para-hydroxylation sites is 2. The molecule has 1 aliphatic rings. The van der Waals surface area contributed by atoms with Crippen LogP contribution in [0.1, 0.15) is 5.56 Å². The van der Waals surface area contributed by atoms with Crippen molar-refractivity contribution < 1.29 is 18.0 Å². The molecule has 1 fully saturated rings. The lowest BCUT2D eigenvalue weighted by molar-refractivity contribution is -0.137. The Morgan fingerprint density at radius 3 is 1.97 bits per heavy atom. The molecule has 0 N–H and O–H groups in total. The molecule has 8 heteroatoms. The number of halogens is 3. The molecule has 34 heavy (non-hydrogen) atoms. The molecule has 0 saturated carbocycles. The Bertz CT molecular complexity index is 1380. The lowest BCUT2D eigenvalue weighted by Gasteiger charge is -2.36. The number of benzene rings is 3. The number of aromatic nitrogens is 1. The number of rotatable bonds is 3. The van der Waals surface area contributed by atoms with Crippen molar-refractivity contribution in [2.24, 2.45) is 0 Å². The SMILES string of the molecule is O=C(Cn1c2ccccc2c(=O)c2ccccc21)N1CCN(c2cccc(C(F)(F)F)c2)CC1. The molecule has 1 amide bonds. The van der Waals surface area contributed by atoms with Gasteiger partial charge in [-0.1, -0.05) is 30.3 Å². The van der Waals surface area contributed by atoms with E-state index in [0.29, 0.717) is 53.7 Å². The molecule has 0 radical (unpaired) electrons. The average molecular weight is 465 g/mol. The van der Waals surface area contributed by atoms with E-state index in [4.69, 9.17) is 0 Å². The van der Waals surface area contributed by atoms with Crippen LogP contribution in [0, 0.1) is 0 Å². The van der Waals surface area contributed by atoms with Crippen molar-refractivity contribution in [2.45, 2.75) is 12.7 Å². The number of hydrogen-bond donors (Lipinski definition) is 0. The van der Waals surface area contributed by atoms with Gasteiger partial charge in [-0.05, 0) is 42.5 Å². The van der Waals surface area contributed by atoms with Crippen LogP contribution in [0.15, 0.2) is 77.6 Å². The van der Waals surface area contributed by atoms with Gasteiger partial charge in [0, 0.05) is 42.6 Å². The second-order valence-corrected chi connectivity index (χ2v) is 8.37. The predicted octanol–water partition coefficient (Wildman–Crippen LogP) is 4.52. The maximum Gasteiger partial charge on any atom is 0.416 e. The molecule has 1 aliphatic heterocycles. The van der Waals surface area contributed by atoms with E-state index in [0.717, 1.165) is 12.1 Å². The number of piperazine rings is 1. The van der Waals surface area contributed by atoms with E-state index in [9.17, 15) is 22.8 Å². The van der Waals surface area contributed by atoms with Gasteiger partial charge in [-0.15, -0.1) is 0 Å². The zero-order chi connectivity index (χ0) is 23.9. The molecular formula is C26H22F3N3O2. The number of alkyl halides is 3. The van der Waals surface area contributed by atoms with Crippen LogP contribution in [0.5, 0.6) is 0 Å². The minimum atomic E-state index is -4.39. The Morgan fingerprint density at radius 1 is 0.794 bits per heavy atom. The molecule has 0 bridgehead atoms. The van der Waals surface area contributed by atoms with Gasteiger partial charge < -0.3 is 14.4 Å². The molecule has 1 saturated heterocycles.